The highest BCUT2D eigenvalue weighted by Gasteiger charge is 2.27. The number of hydrogen-bond acceptors (Lipinski definition) is 4. The van der Waals surface area contributed by atoms with Gasteiger partial charge in [-0.05, 0) is 31.4 Å². The summed E-state index contributed by atoms with van der Waals surface area (Å²) in [5.41, 5.74) is 7.46. The minimum atomic E-state index is 0.0578. The molecule has 2 aliphatic heterocycles. The Morgan fingerprint density at radius 2 is 2.00 bits per heavy atom. The molecule has 0 saturated carbocycles. The van der Waals surface area contributed by atoms with Crippen molar-refractivity contribution in [2.24, 2.45) is 4.99 Å². The molecule has 0 radical (unpaired) electrons. The number of nitrogens with two attached hydrogens (primary N) is 1. The number of nitrogens with zero attached hydrogens (tertiary/aromatic N) is 2. The van der Waals surface area contributed by atoms with Crippen molar-refractivity contribution in [1.29, 1.82) is 0 Å². The van der Waals surface area contributed by atoms with Crippen LogP contribution in [0.2, 0.25) is 0 Å². The van der Waals surface area contributed by atoms with Crippen LogP contribution in [0.5, 0.6) is 5.75 Å². The Balaban J connectivity index is 1.92. The molecule has 2 aliphatic rings. The van der Waals surface area contributed by atoms with Crippen LogP contribution in [0.15, 0.2) is 23.2 Å². The smallest absolute Gasteiger partial charge is 0.156 e. The Hall–Kier alpha value is -1.71. The number of ether oxygens (including phenoxy) is 1. The lowest BCUT2D eigenvalue weighted by molar-refractivity contribution is 0.233. The van der Waals surface area contributed by atoms with Crippen molar-refractivity contribution in [3.8, 4) is 5.75 Å². The summed E-state index contributed by atoms with van der Waals surface area (Å²) < 4.78 is 6.12. The van der Waals surface area contributed by atoms with Crippen LogP contribution in [-0.4, -0.2) is 29.9 Å². The normalized spacial score (nSPS) is 22.6. The van der Waals surface area contributed by atoms with E-state index in [0.29, 0.717) is 0 Å². The van der Waals surface area contributed by atoms with Crippen LogP contribution in [-0.2, 0) is 0 Å². The third-order valence-electron chi connectivity index (χ3n) is 4.08. The van der Waals surface area contributed by atoms with Crippen LogP contribution in [0.25, 0.3) is 0 Å². The van der Waals surface area contributed by atoms with E-state index < -0.39 is 0 Å². The van der Waals surface area contributed by atoms with Crippen molar-refractivity contribution in [1.82, 2.24) is 4.90 Å². The van der Waals surface area contributed by atoms with E-state index in [1.807, 2.05) is 18.2 Å². The first-order valence-corrected chi connectivity index (χ1v) is 7.67. The summed E-state index contributed by atoms with van der Waals surface area (Å²) in [6.45, 7) is 4.35. The second-order valence-electron chi connectivity index (χ2n) is 5.61. The summed E-state index contributed by atoms with van der Waals surface area (Å²) in [5, 5.41) is 0. The number of benzene rings is 1. The predicted octanol–water partition coefficient (Wildman–Crippen LogP) is 3.35. The first-order valence-electron chi connectivity index (χ1n) is 7.67. The van der Waals surface area contributed by atoms with Crippen LogP contribution in [0.3, 0.4) is 0 Å². The van der Waals surface area contributed by atoms with Gasteiger partial charge in [0.2, 0.25) is 0 Å². The van der Waals surface area contributed by atoms with Crippen molar-refractivity contribution >= 4 is 17.2 Å². The summed E-state index contributed by atoms with van der Waals surface area (Å²) in [6, 6.07) is 5.72. The van der Waals surface area contributed by atoms with Gasteiger partial charge in [0.15, 0.2) is 6.10 Å². The van der Waals surface area contributed by atoms with Crippen molar-refractivity contribution < 1.29 is 4.74 Å². The highest BCUT2D eigenvalue weighted by Crippen LogP contribution is 2.35. The highest BCUT2D eigenvalue weighted by atomic mass is 16.5. The van der Waals surface area contributed by atoms with Gasteiger partial charge in [-0.25, -0.2) is 4.99 Å². The largest absolute Gasteiger partial charge is 0.480 e. The Labute approximate surface area is 120 Å². The van der Waals surface area contributed by atoms with E-state index in [1.165, 1.54) is 25.7 Å². The Bertz CT molecular complexity index is 504. The lowest BCUT2D eigenvalue weighted by Crippen LogP contribution is -2.43. The van der Waals surface area contributed by atoms with E-state index >= 15 is 0 Å². The van der Waals surface area contributed by atoms with Gasteiger partial charge in [-0.1, -0.05) is 19.8 Å². The first-order chi connectivity index (χ1) is 9.78. The van der Waals surface area contributed by atoms with Gasteiger partial charge >= 0.3 is 0 Å². The summed E-state index contributed by atoms with van der Waals surface area (Å²) in [7, 11) is 0. The number of anilines is 1. The zero-order valence-corrected chi connectivity index (χ0v) is 12.1. The van der Waals surface area contributed by atoms with Gasteiger partial charge in [-0.2, -0.15) is 0 Å². The lowest BCUT2D eigenvalue weighted by Gasteiger charge is -2.33. The number of amidine groups is 1. The highest BCUT2D eigenvalue weighted by molar-refractivity contribution is 5.91. The van der Waals surface area contributed by atoms with E-state index in [2.05, 4.69) is 11.8 Å². The number of hydrogen-bond donors (Lipinski definition) is 1. The predicted molar refractivity (Wildman–Crippen MR) is 82.7 cm³/mol. The Kier molecular flexibility index (Phi) is 3.81. The maximum absolute atomic E-state index is 6.12. The Morgan fingerprint density at radius 3 is 2.70 bits per heavy atom. The summed E-state index contributed by atoms with van der Waals surface area (Å²) in [6.07, 6.45) is 6.16. The van der Waals surface area contributed by atoms with E-state index in [1.54, 1.807) is 0 Å². The molecule has 1 unspecified atom stereocenters. The molecule has 4 heteroatoms. The van der Waals surface area contributed by atoms with Crippen LogP contribution in [0.4, 0.5) is 11.4 Å². The van der Waals surface area contributed by atoms with E-state index in [9.17, 15) is 0 Å². The van der Waals surface area contributed by atoms with Crippen LogP contribution >= 0.6 is 0 Å². The molecule has 2 N–H and O–H groups in total. The third kappa shape index (κ3) is 2.60. The molecule has 1 fully saturated rings. The van der Waals surface area contributed by atoms with Crippen LogP contribution in [0, 0.1) is 0 Å². The monoisotopic (exact) mass is 273 g/mol. The minimum Gasteiger partial charge on any atom is -0.480 e. The van der Waals surface area contributed by atoms with Crippen molar-refractivity contribution in [2.75, 3.05) is 18.8 Å². The van der Waals surface area contributed by atoms with Crippen molar-refractivity contribution in [3.63, 3.8) is 0 Å². The molecule has 0 bridgehead atoms. The van der Waals surface area contributed by atoms with Gasteiger partial charge < -0.3 is 15.4 Å². The van der Waals surface area contributed by atoms with Crippen molar-refractivity contribution in [2.45, 2.75) is 45.1 Å². The summed E-state index contributed by atoms with van der Waals surface area (Å²) in [5.74, 6) is 1.92. The number of nitrogen functional groups attached to an aromatic ring is 1. The first kappa shape index (κ1) is 13.3. The standard InChI is InChI=1S/C16H23N3O/c1-2-14-16(19-9-5-3-4-6-10-19)18-13-8-7-12(17)11-15(13)20-14/h7-8,11,14H,2-6,9-10,17H2,1H3. The van der Waals surface area contributed by atoms with E-state index in [-0.39, 0.29) is 6.10 Å². The fourth-order valence-electron chi connectivity index (χ4n) is 2.96. The Morgan fingerprint density at radius 1 is 1.25 bits per heavy atom. The SMILES string of the molecule is CCC1Oc2cc(N)ccc2N=C1N1CCCCCC1. The molecule has 0 aromatic heterocycles. The molecule has 2 heterocycles. The molecule has 1 aromatic rings. The average Bonchev–Trinajstić information content (AvgIpc) is 2.74. The van der Waals surface area contributed by atoms with Gasteiger partial charge in [0.25, 0.3) is 0 Å². The molecule has 1 aromatic carbocycles. The lowest BCUT2D eigenvalue weighted by atomic mass is 10.1. The molecule has 1 atom stereocenters. The number of rotatable bonds is 1. The molecular formula is C16H23N3O. The molecule has 0 aliphatic carbocycles. The second kappa shape index (κ2) is 5.73. The second-order valence-corrected chi connectivity index (χ2v) is 5.61. The van der Waals surface area contributed by atoms with Gasteiger partial charge in [0.1, 0.15) is 17.3 Å². The summed E-state index contributed by atoms with van der Waals surface area (Å²) in [4.78, 5) is 7.28. The quantitative estimate of drug-likeness (QED) is 0.798. The maximum atomic E-state index is 6.12. The number of fused-ring (bicyclic) bond motifs is 1. The molecule has 4 nitrogen and oxygen atoms in total. The van der Waals surface area contributed by atoms with E-state index in [0.717, 1.165) is 42.5 Å². The zero-order valence-electron chi connectivity index (χ0n) is 12.1. The van der Waals surface area contributed by atoms with Gasteiger partial charge in [-0.15, -0.1) is 0 Å². The van der Waals surface area contributed by atoms with E-state index in [4.69, 9.17) is 15.5 Å². The topological polar surface area (TPSA) is 50.9 Å². The third-order valence-corrected chi connectivity index (χ3v) is 4.08. The minimum absolute atomic E-state index is 0.0578. The number of aliphatic imine (C=N–C) groups is 1. The molecule has 20 heavy (non-hydrogen) atoms. The molecule has 0 spiro atoms. The number of likely N-dealkylation sites (tertiary alicyclic amines) is 1. The molecule has 3 rings (SSSR count). The fraction of sp³-hybridized carbons (Fsp3) is 0.562. The molecule has 0 amide bonds. The van der Waals surface area contributed by atoms with Crippen LogP contribution in [0.1, 0.15) is 39.0 Å². The van der Waals surface area contributed by atoms with Gasteiger partial charge in [0.05, 0.1) is 0 Å². The van der Waals surface area contributed by atoms with Crippen molar-refractivity contribution in [3.05, 3.63) is 18.2 Å². The molecule has 108 valence electrons. The molecule has 1 saturated heterocycles. The van der Waals surface area contributed by atoms with Gasteiger partial charge in [-0.3, -0.25) is 0 Å². The fourth-order valence-corrected chi connectivity index (χ4v) is 2.96. The van der Waals surface area contributed by atoms with Gasteiger partial charge in [0, 0.05) is 24.8 Å². The maximum Gasteiger partial charge on any atom is 0.156 e. The zero-order chi connectivity index (χ0) is 13.9. The average molecular weight is 273 g/mol. The molecular weight excluding hydrogens is 250 g/mol. The summed E-state index contributed by atoms with van der Waals surface area (Å²) >= 11 is 0. The van der Waals surface area contributed by atoms with Crippen LogP contribution < -0.4 is 10.5 Å².